The second kappa shape index (κ2) is 6.13. The van der Waals surface area contributed by atoms with Gasteiger partial charge in [-0.15, -0.1) is 0 Å². The van der Waals surface area contributed by atoms with E-state index in [0.29, 0.717) is 12.6 Å². The summed E-state index contributed by atoms with van der Waals surface area (Å²) in [6.07, 6.45) is 6.40. The van der Waals surface area contributed by atoms with Crippen molar-refractivity contribution in [2.45, 2.75) is 65.8 Å². The molecule has 0 radical (unpaired) electrons. The summed E-state index contributed by atoms with van der Waals surface area (Å²) in [4.78, 5) is 2.67. The second-order valence-electron chi connectivity index (χ2n) is 7.83. The zero-order chi connectivity index (χ0) is 14.0. The van der Waals surface area contributed by atoms with Gasteiger partial charge in [0.2, 0.25) is 0 Å². The van der Waals surface area contributed by atoms with E-state index in [1.165, 1.54) is 38.6 Å². The van der Waals surface area contributed by atoms with Crippen LogP contribution in [0, 0.1) is 23.2 Å². The summed E-state index contributed by atoms with van der Waals surface area (Å²) in [6.45, 7) is 12.2. The molecule has 2 fully saturated rings. The van der Waals surface area contributed by atoms with E-state index in [4.69, 9.17) is 0 Å². The highest BCUT2D eigenvalue weighted by Crippen LogP contribution is 2.41. The van der Waals surface area contributed by atoms with Crippen molar-refractivity contribution < 1.29 is 5.11 Å². The van der Waals surface area contributed by atoms with Crippen molar-refractivity contribution in [2.24, 2.45) is 23.2 Å². The zero-order valence-corrected chi connectivity index (χ0v) is 13.4. The lowest BCUT2D eigenvalue weighted by atomic mass is 9.70. The molecule has 0 aromatic rings. The minimum absolute atomic E-state index is 0.192. The van der Waals surface area contributed by atoms with Crippen LogP contribution in [0.1, 0.15) is 59.8 Å². The van der Waals surface area contributed by atoms with E-state index in [2.05, 4.69) is 32.6 Å². The van der Waals surface area contributed by atoms with E-state index in [-0.39, 0.29) is 5.41 Å². The van der Waals surface area contributed by atoms with E-state index in [1.54, 1.807) is 0 Å². The Morgan fingerprint density at radius 3 is 2.26 bits per heavy atom. The van der Waals surface area contributed by atoms with E-state index >= 15 is 0 Å². The van der Waals surface area contributed by atoms with Crippen LogP contribution >= 0.6 is 0 Å². The molecular formula is C17H33NO. The summed E-state index contributed by atoms with van der Waals surface area (Å²) in [6, 6.07) is 0.680. The molecule has 1 N–H and O–H groups in total. The number of aliphatic hydroxyl groups excluding tert-OH is 1. The Labute approximate surface area is 119 Å². The van der Waals surface area contributed by atoms with Crippen molar-refractivity contribution in [1.29, 1.82) is 0 Å². The van der Waals surface area contributed by atoms with Crippen molar-refractivity contribution in [1.82, 2.24) is 4.90 Å². The van der Waals surface area contributed by atoms with Gasteiger partial charge in [-0.05, 0) is 43.9 Å². The first-order valence-electron chi connectivity index (χ1n) is 8.31. The highest BCUT2D eigenvalue weighted by Gasteiger charge is 2.38. The van der Waals surface area contributed by atoms with Crippen LogP contribution in [0.2, 0.25) is 0 Å². The highest BCUT2D eigenvalue weighted by molar-refractivity contribution is 4.91. The number of nitrogens with zero attached hydrogens (tertiary/aromatic N) is 1. The third kappa shape index (κ3) is 3.52. The Kier molecular flexibility index (Phi) is 4.94. The molecule has 1 aliphatic heterocycles. The Hall–Kier alpha value is -0.0800. The molecule has 3 unspecified atom stereocenters. The summed E-state index contributed by atoms with van der Waals surface area (Å²) in [5.74, 6) is 2.46. The topological polar surface area (TPSA) is 23.5 Å². The van der Waals surface area contributed by atoms with Crippen LogP contribution < -0.4 is 0 Å². The van der Waals surface area contributed by atoms with Gasteiger partial charge in [0.15, 0.2) is 0 Å². The first kappa shape index (κ1) is 15.3. The largest absolute Gasteiger partial charge is 0.396 e. The molecule has 3 atom stereocenters. The van der Waals surface area contributed by atoms with Gasteiger partial charge < -0.3 is 5.11 Å². The maximum atomic E-state index is 9.95. The smallest absolute Gasteiger partial charge is 0.0499 e. The molecule has 0 bridgehead atoms. The van der Waals surface area contributed by atoms with Crippen molar-refractivity contribution in [3.63, 3.8) is 0 Å². The van der Waals surface area contributed by atoms with Crippen LogP contribution in [0.25, 0.3) is 0 Å². The fraction of sp³-hybridized carbons (Fsp3) is 1.00. The summed E-state index contributed by atoms with van der Waals surface area (Å²) < 4.78 is 0. The van der Waals surface area contributed by atoms with Crippen molar-refractivity contribution in [3.05, 3.63) is 0 Å². The molecule has 1 aliphatic carbocycles. The van der Waals surface area contributed by atoms with E-state index < -0.39 is 0 Å². The van der Waals surface area contributed by atoms with Crippen LogP contribution in [0.15, 0.2) is 0 Å². The first-order valence-corrected chi connectivity index (χ1v) is 8.31. The molecule has 1 saturated carbocycles. The molecule has 2 aliphatic rings. The predicted octanol–water partition coefficient (Wildman–Crippen LogP) is 3.54. The molecule has 1 heterocycles. The molecule has 0 aromatic carbocycles. The number of hydrogen-bond acceptors (Lipinski definition) is 2. The van der Waals surface area contributed by atoms with Gasteiger partial charge in [-0.2, -0.15) is 0 Å². The molecule has 2 rings (SSSR count). The lowest BCUT2D eigenvalue weighted by molar-refractivity contribution is -0.0132. The Morgan fingerprint density at radius 2 is 1.68 bits per heavy atom. The van der Waals surface area contributed by atoms with Gasteiger partial charge in [-0.3, -0.25) is 4.90 Å². The summed E-state index contributed by atoms with van der Waals surface area (Å²) in [7, 11) is 0. The molecule has 0 spiro atoms. The molecule has 0 amide bonds. The van der Waals surface area contributed by atoms with E-state index in [1.807, 2.05) is 0 Å². The molecule has 1 saturated heterocycles. The van der Waals surface area contributed by atoms with Gasteiger partial charge >= 0.3 is 0 Å². The number of rotatable bonds is 3. The van der Waals surface area contributed by atoms with Crippen LogP contribution in [0.5, 0.6) is 0 Å². The normalized spacial score (nSPS) is 45.3. The Balaban J connectivity index is 2.01. The summed E-state index contributed by atoms with van der Waals surface area (Å²) in [5.41, 5.74) is 0.192. The quantitative estimate of drug-likeness (QED) is 0.845. The highest BCUT2D eigenvalue weighted by atomic mass is 16.3. The number of piperidine rings is 1. The molecular weight excluding hydrogens is 234 g/mol. The van der Waals surface area contributed by atoms with E-state index in [0.717, 1.165) is 24.3 Å². The predicted molar refractivity (Wildman–Crippen MR) is 81.1 cm³/mol. The Bertz CT molecular complexity index is 283. The number of hydrogen-bond donors (Lipinski definition) is 1. The molecule has 112 valence electrons. The van der Waals surface area contributed by atoms with E-state index in [9.17, 15) is 5.11 Å². The maximum Gasteiger partial charge on any atom is 0.0499 e. The number of likely N-dealkylation sites (tertiary alicyclic amines) is 1. The van der Waals surface area contributed by atoms with Crippen molar-refractivity contribution in [2.75, 3.05) is 19.7 Å². The second-order valence-corrected chi connectivity index (χ2v) is 7.83. The SMILES string of the molecule is CC1CCC(CO)(CN2CC(C)CC(C)C2C)CC1. The third-order valence-corrected chi connectivity index (χ3v) is 5.93. The molecule has 19 heavy (non-hydrogen) atoms. The monoisotopic (exact) mass is 267 g/mol. The van der Waals surface area contributed by atoms with Crippen LogP contribution in [0.4, 0.5) is 0 Å². The fourth-order valence-corrected chi connectivity index (χ4v) is 4.21. The Morgan fingerprint density at radius 1 is 1.05 bits per heavy atom. The summed E-state index contributed by atoms with van der Waals surface area (Å²) in [5, 5.41) is 9.95. The number of aliphatic hydroxyl groups is 1. The first-order chi connectivity index (χ1) is 8.96. The van der Waals surface area contributed by atoms with Gasteiger partial charge in [0.25, 0.3) is 0 Å². The van der Waals surface area contributed by atoms with Crippen LogP contribution in [-0.2, 0) is 0 Å². The molecule has 0 aromatic heterocycles. The van der Waals surface area contributed by atoms with Gasteiger partial charge in [-0.1, -0.05) is 33.6 Å². The van der Waals surface area contributed by atoms with Gasteiger partial charge in [0, 0.05) is 31.2 Å². The van der Waals surface area contributed by atoms with Crippen LogP contribution in [-0.4, -0.2) is 35.7 Å². The third-order valence-electron chi connectivity index (χ3n) is 5.93. The molecule has 2 nitrogen and oxygen atoms in total. The van der Waals surface area contributed by atoms with Crippen LogP contribution in [0.3, 0.4) is 0 Å². The average Bonchev–Trinajstić information content (AvgIpc) is 2.38. The van der Waals surface area contributed by atoms with Crippen molar-refractivity contribution >= 4 is 0 Å². The standard InChI is InChI=1S/C17H33NO/c1-13-5-7-17(12-19,8-6-13)11-18-10-14(2)9-15(3)16(18)4/h13-16,19H,5-12H2,1-4H3. The fourth-order valence-electron chi connectivity index (χ4n) is 4.21. The lowest BCUT2D eigenvalue weighted by Crippen LogP contribution is -2.51. The van der Waals surface area contributed by atoms with Crippen molar-refractivity contribution in [3.8, 4) is 0 Å². The van der Waals surface area contributed by atoms with Gasteiger partial charge in [0.05, 0.1) is 0 Å². The lowest BCUT2D eigenvalue weighted by Gasteiger charge is -2.47. The summed E-state index contributed by atoms with van der Waals surface area (Å²) >= 11 is 0. The minimum Gasteiger partial charge on any atom is -0.396 e. The maximum absolute atomic E-state index is 9.95. The minimum atomic E-state index is 0.192. The van der Waals surface area contributed by atoms with Gasteiger partial charge in [0.1, 0.15) is 0 Å². The average molecular weight is 267 g/mol. The molecule has 2 heteroatoms. The zero-order valence-electron chi connectivity index (χ0n) is 13.4. The van der Waals surface area contributed by atoms with Gasteiger partial charge in [-0.25, -0.2) is 0 Å².